The zero-order chi connectivity index (χ0) is 16.8. The van der Waals surface area contributed by atoms with Crippen molar-refractivity contribution in [2.24, 2.45) is 0 Å². The Morgan fingerprint density at radius 3 is 2.62 bits per heavy atom. The topological polar surface area (TPSA) is 70.0 Å². The molecule has 0 amide bonds. The Hall–Kier alpha value is -3.08. The van der Waals surface area contributed by atoms with E-state index in [1.807, 2.05) is 17.7 Å². The van der Waals surface area contributed by atoms with Crippen LogP contribution in [0.4, 0.5) is 5.69 Å². The van der Waals surface area contributed by atoms with Crippen molar-refractivity contribution >= 4 is 11.7 Å². The summed E-state index contributed by atoms with van der Waals surface area (Å²) in [6.45, 7) is 4.04. The Labute approximate surface area is 139 Å². The summed E-state index contributed by atoms with van der Waals surface area (Å²) in [5.74, 6) is -1.17. The van der Waals surface area contributed by atoms with Gasteiger partial charge in [-0.15, -0.1) is 0 Å². The number of para-hydroxylation sites is 1. The Morgan fingerprint density at radius 2 is 1.92 bits per heavy atom. The molecule has 0 saturated carbocycles. The first-order valence-electron chi connectivity index (χ1n) is 7.78. The Bertz CT molecular complexity index is 942. The number of aromatic nitrogens is 2. The lowest BCUT2D eigenvalue weighted by molar-refractivity contribution is -0.255. The van der Waals surface area contributed by atoms with E-state index in [0.717, 1.165) is 33.8 Å². The smallest absolute Gasteiger partial charge is 0.147 e. The average molecular weight is 318 g/mol. The van der Waals surface area contributed by atoms with Gasteiger partial charge in [0.1, 0.15) is 6.17 Å². The van der Waals surface area contributed by atoms with E-state index in [1.165, 1.54) is 0 Å². The molecule has 3 aromatic rings. The molecule has 2 heterocycles. The second-order valence-electron chi connectivity index (χ2n) is 6.07. The number of hydrogen-bond acceptors (Lipinski definition) is 4. The number of carboxylic acid groups (broad SMARTS) is 1. The molecular weight excluding hydrogens is 302 g/mol. The summed E-state index contributed by atoms with van der Waals surface area (Å²) < 4.78 is 1.95. The average Bonchev–Trinajstić information content (AvgIpc) is 2.96. The number of aryl methyl sites for hydroxylation is 2. The van der Waals surface area contributed by atoms with Gasteiger partial charge in [0.25, 0.3) is 0 Å². The molecular formula is C19H16N3O2-. The van der Waals surface area contributed by atoms with Crippen molar-refractivity contribution in [2.75, 3.05) is 5.32 Å². The molecule has 1 aliphatic rings. The van der Waals surface area contributed by atoms with E-state index < -0.39 is 5.97 Å². The van der Waals surface area contributed by atoms with Crippen molar-refractivity contribution in [3.8, 4) is 11.3 Å². The maximum Gasteiger partial charge on any atom is 0.147 e. The summed E-state index contributed by atoms with van der Waals surface area (Å²) >= 11 is 0. The summed E-state index contributed by atoms with van der Waals surface area (Å²) in [6, 6.07) is 15.0. The molecule has 0 bridgehead atoms. The van der Waals surface area contributed by atoms with Crippen molar-refractivity contribution in [1.29, 1.82) is 0 Å². The molecule has 5 nitrogen and oxygen atoms in total. The number of carbonyl (C=O) groups is 1. The predicted octanol–water partition coefficient (Wildman–Crippen LogP) is 2.50. The number of aromatic carboxylic acids is 1. The van der Waals surface area contributed by atoms with Gasteiger partial charge in [-0.2, -0.15) is 5.10 Å². The number of nitrogens with zero attached hydrogens (tertiary/aromatic N) is 2. The Kier molecular flexibility index (Phi) is 3.16. The number of anilines is 1. The Morgan fingerprint density at radius 1 is 1.17 bits per heavy atom. The van der Waals surface area contributed by atoms with Crippen molar-refractivity contribution < 1.29 is 9.90 Å². The van der Waals surface area contributed by atoms with Gasteiger partial charge in [-0.1, -0.05) is 42.5 Å². The lowest BCUT2D eigenvalue weighted by atomic mass is 10.00. The highest BCUT2D eigenvalue weighted by molar-refractivity contribution is 5.86. The molecule has 1 aromatic heterocycles. The van der Waals surface area contributed by atoms with Gasteiger partial charge in [-0.25, -0.2) is 4.68 Å². The van der Waals surface area contributed by atoms with E-state index in [0.29, 0.717) is 0 Å². The molecule has 0 aliphatic carbocycles. The van der Waals surface area contributed by atoms with Crippen LogP contribution in [-0.2, 0) is 0 Å². The van der Waals surface area contributed by atoms with Crippen LogP contribution in [-0.4, -0.2) is 15.7 Å². The van der Waals surface area contributed by atoms with Crippen LogP contribution in [0.5, 0.6) is 0 Å². The second-order valence-corrected chi connectivity index (χ2v) is 6.07. The number of fused-ring (bicyclic) bond motifs is 3. The first-order chi connectivity index (χ1) is 11.5. The third-order valence-corrected chi connectivity index (χ3v) is 4.39. The molecule has 1 N–H and O–H groups in total. The molecule has 2 aromatic carbocycles. The molecule has 0 unspecified atom stereocenters. The first-order valence-corrected chi connectivity index (χ1v) is 7.78. The van der Waals surface area contributed by atoms with Crippen LogP contribution in [0.25, 0.3) is 11.3 Å². The van der Waals surface area contributed by atoms with Gasteiger partial charge < -0.3 is 15.2 Å². The highest BCUT2D eigenvalue weighted by Crippen LogP contribution is 2.40. The van der Waals surface area contributed by atoms with Crippen molar-refractivity contribution in [1.82, 2.24) is 9.78 Å². The second kappa shape index (κ2) is 5.23. The fourth-order valence-electron chi connectivity index (χ4n) is 3.21. The van der Waals surface area contributed by atoms with Crippen molar-refractivity contribution in [3.05, 3.63) is 70.9 Å². The molecule has 24 heavy (non-hydrogen) atoms. The lowest BCUT2D eigenvalue weighted by Crippen LogP contribution is -2.26. The van der Waals surface area contributed by atoms with Crippen LogP contribution in [0.3, 0.4) is 0 Å². The van der Waals surface area contributed by atoms with Crippen LogP contribution in [0.15, 0.2) is 48.5 Å². The van der Waals surface area contributed by atoms with Crippen LogP contribution in [0, 0.1) is 13.8 Å². The third kappa shape index (κ3) is 2.17. The largest absolute Gasteiger partial charge is 0.545 e. The van der Waals surface area contributed by atoms with Gasteiger partial charge in [0, 0.05) is 11.3 Å². The molecule has 0 radical (unpaired) electrons. The highest BCUT2D eigenvalue weighted by Gasteiger charge is 2.27. The number of carbonyl (C=O) groups excluding carboxylic acids is 1. The molecule has 4 rings (SSSR count). The maximum atomic E-state index is 11.0. The lowest BCUT2D eigenvalue weighted by Gasteiger charge is -2.30. The van der Waals surface area contributed by atoms with Gasteiger partial charge in [0.05, 0.1) is 17.4 Å². The van der Waals surface area contributed by atoms with Gasteiger partial charge in [0.2, 0.25) is 0 Å². The summed E-state index contributed by atoms with van der Waals surface area (Å²) in [5, 5.41) is 19.1. The van der Waals surface area contributed by atoms with E-state index in [1.54, 1.807) is 24.3 Å². The van der Waals surface area contributed by atoms with Gasteiger partial charge >= 0.3 is 0 Å². The fourth-order valence-corrected chi connectivity index (χ4v) is 3.21. The fraction of sp³-hybridized carbons (Fsp3) is 0.158. The van der Waals surface area contributed by atoms with Crippen LogP contribution >= 0.6 is 0 Å². The predicted molar refractivity (Wildman–Crippen MR) is 89.7 cm³/mol. The van der Waals surface area contributed by atoms with Crippen LogP contribution in [0.2, 0.25) is 0 Å². The molecule has 5 heteroatoms. The minimum absolute atomic E-state index is 0.169. The number of hydrogen-bond donors (Lipinski definition) is 1. The summed E-state index contributed by atoms with van der Waals surface area (Å²) in [5.41, 5.74) is 6.48. The number of carboxylic acids is 1. The normalized spacial score (nSPS) is 15.3. The molecule has 1 atom stereocenters. The zero-order valence-electron chi connectivity index (χ0n) is 13.4. The highest BCUT2D eigenvalue weighted by atomic mass is 16.4. The van der Waals surface area contributed by atoms with Crippen LogP contribution < -0.4 is 10.4 Å². The van der Waals surface area contributed by atoms with E-state index in [4.69, 9.17) is 0 Å². The Balaban J connectivity index is 1.85. The molecule has 0 fully saturated rings. The minimum Gasteiger partial charge on any atom is -0.545 e. The first kappa shape index (κ1) is 14.5. The molecule has 1 aliphatic heterocycles. The minimum atomic E-state index is -1.17. The number of benzene rings is 2. The molecule has 0 saturated heterocycles. The monoisotopic (exact) mass is 318 g/mol. The van der Waals surface area contributed by atoms with Gasteiger partial charge in [-0.05, 0) is 36.6 Å². The van der Waals surface area contributed by atoms with Gasteiger partial charge in [-0.3, -0.25) is 0 Å². The zero-order valence-corrected chi connectivity index (χ0v) is 13.4. The number of rotatable bonds is 2. The molecule has 0 spiro atoms. The molecule has 120 valence electrons. The maximum absolute atomic E-state index is 11.0. The van der Waals surface area contributed by atoms with E-state index in [2.05, 4.69) is 35.5 Å². The summed E-state index contributed by atoms with van der Waals surface area (Å²) in [4.78, 5) is 11.0. The number of nitrogens with one attached hydrogen (secondary N) is 1. The third-order valence-electron chi connectivity index (χ3n) is 4.39. The van der Waals surface area contributed by atoms with E-state index >= 15 is 0 Å². The van der Waals surface area contributed by atoms with Crippen LogP contribution in [0.1, 0.15) is 33.3 Å². The standard InChI is InChI=1S/C19H17N3O2/c1-11-4-3-5-15-16-10-12(2)21-22(16)18(20-17(11)15)13-6-8-14(9-7-13)19(23)24/h3-10,18,20H,1-2H3,(H,23,24)/p-1/t18-/m0/s1. The van der Waals surface area contributed by atoms with Crippen molar-refractivity contribution in [2.45, 2.75) is 20.0 Å². The van der Waals surface area contributed by atoms with E-state index in [9.17, 15) is 9.90 Å². The summed E-state index contributed by atoms with van der Waals surface area (Å²) in [7, 11) is 0. The van der Waals surface area contributed by atoms with Crippen molar-refractivity contribution in [3.63, 3.8) is 0 Å². The van der Waals surface area contributed by atoms with E-state index in [-0.39, 0.29) is 11.7 Å². The SMILES string of the molecule is Cc1cc2n(n1)[C@@H](c1ccc(C(=O)[O-])cc1)Nc1c(C)cccc1-2. The summed E-state index contributed by atoms with van der Waals surface area (Å²) in [6.07, 6.45) is -0.182. The van der Waals surface area contributed by atoms with Gasteiger partial charge in [0.15, 0.2) is 0 Å². The quantitative estimate of drug-likeness (QED) is 0.788.